The minimum Gasteiger partial charge on any atom is -0.224 e. The fourth-order valence-corrected chi connectivity index (χ4v) is 3.85. The highest BCUT2D eigenvalue weighted by atomic mass is 79.9. The zero-order valence-electron chi connectivity index (χ0n) is 8.48. The smallest absolute Gasteiger partial charge is 0.176 e. The van der Waals surface area contributed by atoms with Crippen LogP contribution >= 0.6 is 27.3 Å². The summed E-state index contributed by atoms with van der Waals surface area (Å²) in [4.78, 5) is 1.33. The largest absolute Gasteiger partial charge is 0.224 e. The lowest BCUT2D eigenvalue weighted by molar-refractivity contribution is 0.602. The molecule has 0 radical (unpaired) electrons. The minimum absolute atomic E-state index is 0.379. The molecule has 0 atom stereocenters. The van der Waals surface area contributed by atoms with Crippen molar-refractivity contribution in [3.05, 3.63) is 40.2 Å². The van der Waals surface area contributed by atoms with Crippen LogP contribution in [-0.4, -0.2) is 14.7 Å². The van der Waals surface area contributed by atoms with Gasteiger partial charge in [0.2, 0.25) is 0 Å². The van der Waals surface area contributed by atoms with E-state index >= 15 is 0 Å². The zero-order chi connectivity index (χ0) is 11.8. The molecule has 0 saturated carbocycles. The Morgan fingerprint density at radius 2 is 1.81 bits per heavy atom. The maximum atomic E-state index is 11.6. The average molecular weight is 317 g/mol. The maximum Gasteiger partial charge on any atom is 0.176 e. The van der Waals surface area contributed by atoms with E-state index < -0.39 is 9.84 Å². The second-order valence-electron chi connectivity index (χ2n) is 3.37. The van der Waals surface area contributed by atoms with E-state index in [2.05, 4.69) is 15.9 Å². The van der Waals surface area contributed by atoms with E-state index in [1.54, 1.807) is 12.1 Å². The number of benzene rings is 1. The highest BCUT2D eigenvalue weighted by molar-refractivity contribution is 9.11. The molecule has 2 nitrogen and oxygen atoms in total. The number of hydrogen-bond donors (Lipinski definition) is 0. The van der Waals surface area contributed by atoms with E-state index in [-0.39, 0.29) is 0 Å². The Morgan fingerprint density at radius 1 is 1.12 bits per heavy atom. The van der Waals surface area contributed by atoms with Crippen LogP contribution in [0.4, 0.5) is 0 Å². The van der Waals surface area contributed by atoms with Crippen molar-refractivity contribution in [2.75, 3.05) is 6.26 Å². The SMILES string of the molecule is CS(=O)(=O)c1ccccc1-c1ccc(Br)s1. The van der Waals surface area contributed by atoms with E-state index in [4.69, 9.17) is 0 Å². The molecule has 0 aliphatic heterocycles. The lowest BCUT2D eigenvalue weighted by Gasteiger charge is -2.04. The molecule has 0 aliphatic rings. The van der Waals surface area contributed by atoms with Crippen molar-refractivity contribution in [2.45, 2.75) is 4.90 Å². The minimum atomic E-state index is -3.18. The molecule has 1 aromatic heterocycles. The summed E-state index contributed by atoms with van der Waals surface area (Å²) in [5.74, 6) is 0. The molecule has 2 rings (SSSR count). The molecule has 0 N–H and O–H groups in total. The van der Waals surface area contributed by atoms with E-state index in [9.17, 15) is 8.42 Å². The van der Waals surface area contributed by atoms with E-state index in [0.29, 0.717) is 4.90 Å². The molecule has 0 unspecified atom stereocenters. The summed E-state index contributed by atoms with van der Waals surface area (Å²) in [5, 5.41) is 0. The molecular formula is C11H9BrO2S2. The molecule has 0 saturated heterocycles. The first-order valence-corrected chi connectivity index (χ1v) is 8.03. The molecular weight excluding hydrogens is 308 g/mol. The maximum absolute atomic E-state index is 11.6. The highest BCUT2D eigenvalue weighted by Gasteiger charge is 2.14. The third-order valence-electron chi connectivity index (χ3n) is 2.13. The zero-order valence-corrected chi connectivity index (χ0v) is 11.7. The van der Waals surface area contributed by atoms with Gasteiger partial charge in [-0.3, -0.25) is 0 Å². The number of hydrogen-bond acceptors (Lipinski definition) is 3. The van der Waals surface area contributed by atoms with Crippen LogP contribution in [0.3, 0.4) is 0 Å². The topological polar surface area (TPSA) is 34.1 Å². The molecule has 5 heteroatoms. The summed E-state index contributed by atoms with van der Waals surface area (Å²) >= 11 is 4.90. The van der Waals surface area contributed by atoms with Gasteiger partial charge in [-0.25, -0.2) is 8.42 Å². The lowest BCUT2D eigenvalue weighted by atomic mass is 10.2. The summed E-state index contributed by atoms with van der Waals surface area (Å²) in [7, 11) is -3.18. The molecule has 1 heterocycles. The third kappa shape index (κ3) is 2.36. The predicted octanol–water partition coefficient (Wildman–Crippen LogP) is 3.58. The predicted molar refractivity (Wildman–Crippen MR) is 70.6 cm³/mol. The van der Waals surface area contributed by atoms with Gasteiger partial charge in [0.1, 0.15) is 0 Å². The summed E-state index contributed by atoms with van der Waals surface area (Å²) in [6.07, 6.45) is 1.23. The fraction of sp³-hybridized carbons (Fsp3) is 0.0909. The first-order chi connectivity index (χ1) is 7.48. The monoisotopic (exact) mass is 316 g/mol. The Bertz CT molecular complexity index is 614. The summed E-state index contributed by atoms with van der Waals surface area (Å²) in [6.45, 7) is 0. The van der Waals surface area contributed by atoms with Crippen LogP contribution in [0.5, 0.6) is 0 Å². The van der Waals surface area contributed by atoms with Gasteiger partial charge in [0.25, 0.3) is 0 Å². The van der Waals surface area contributed by atoms with Crippen molar-refractivity contribution in [2.24, 2.45) is 0 Å². The third-order valence-corrected chi connectivity index (χ3v) is 4.94. The van der Waals surface area contributed by atoms with Crippen LogP contribution in [0, 0.1) is 0 Å². The van der Waals surface area contributed by atoms with Gasteiger partial charge in [-0.15, -0.1) is 11.3 Å². The molecule has 0 spiro atoms. The average Bonchev–Trinajstić information content (AvgIpc) is 2.64. The standard InChI is InChI=1S/C11H9BrO2S2/c1-16(13,14)10-5-3-2-4-8(10)9-6-7-11(12)15-9/h2-7H,1H3. The molecule has 0 fully saturated rings. The Balaban J connectivity index is 2.66. The summed E-state index contributed by atoms with van der Waals surface area (Å²) in [6, 6.07) is 10.9. The summed E-state index contributed by atoms with van der Waals surface area (Å²) in [5.41, 5.74) is 0.765. The quantitative estimate of drug-likeness (QED) is 0.848. The first kappa shape index (κ1) is 11.8. The van der Waals surface area contributed by atoms with Gasteiger partial charge >= 0.3 is 0 Å². The number of thiophene rings is 1. The van der Waals surface area contributed by atoms with Gasteiger partial charge in [-0.05, 0) is 34.1 Å². The van der Waals surface area contributed by atoms with Crippen molar-refractivity contribution in [1.82, 2.24) is 0 Å². The molecule has 0 bridgehead atoms. The van der Waals surface area contributed by atoms with Crippen LogP contribution in [0.15, 0.2) is 45.1 Å². The Labute approximate surface area is 107 Å². The molecule has 16 heavy (non-hydrogen) atoms. The Kier molecular flexibility index (Phi) is 3.19. The second kappa shape index (κ2) is 4.31. The normalized spacial score (nSPS) is 11.6. The molecule has 0 aliphatic carbocycles. The van der Waals surface area contributed by atoms with E-state index in [0.717, 1.165) is 14.2 Å². The molecule has 1 aromatic carbocycles. The van der Waals surface area contributed by atoms with Crippen LogP contribution < -0.4 is 0 Å². The van der Waals surface area contributed by atoms with Crippen molar-refractivity contribution >= 4 is 37.1 Å². The van der Waals surface area contributed by atoms with Gasteiger partial charge in [-0.2, -0.15) is 0 Å². The van der Waals surface area contributed by atoms with Crippen LogP contribution in [-0.2, 0) is 9.84 Å². The number of halogens is 1. The van der Waals surface area contributed by atoms with Gasteiger partial charge in [0.05, 0.1) is 8.68 Å². The first-order valence-electron chi connectivity index (χ1n) is 4.53. The number of sulfone groups is 1. The van der Waals surface area contributed by atoms with Crippen molar-refractivity contribution in [3.8, 4) is 10.4 Å². The van der Waals surface area contributed by atoms with Gasteiger partial charge in [0.15, 0.2) is 9.84 Å². The van der Waals surface area contributed by atoms with Gasteiger partial charge in [-0.1, -0.05) is 18.2 Å². The van der Waals surface area contributed by atoms with Crippen molar-refractivity contribution < 1.29 is 8.42 Å². The van der Waals surface area contributed by atoms with Crippen LogP contribution in [0.25, 0.3) is 10.4 Å². The van der Waals surface area contributed by atoms with Crippen LogP contribution in [0.2, 0.25) is 0 Å². The van der Waals surface area contributed by atoms with Crippen LogP contribution in [0.1, 0.15) is 0 Å². The van der Waals surface area contributed by atoms with E-state index in [1.165, 1.54) is 17.6 Å². The second-order valence-corrected chi connectivity index (χ2v) is 7.82. The fourth-order valence-electron chi connectivity index (χ4n) is 1.45. The summed E-state index contributed by atoms with van der Waals surface area (Å²) < 4.78 is 24.2. The van der Waals surface area contributed by atoms with Crippen molar-refractivity contribution in [3.63, 3.8) is 0 Å². The van der Waals surface area contributed by atoms with E-state index in [1.807, 2.05) is 24.3 Å². The Morgan fingerprint density at radius 3 is 2.38 bits per heavy atom. The lowest BCUT2D eigenvalue weighted by Crippen LogP contribution is -1.98. The molecule has 2 aromatic rings. The molecule has 0 amide bonds. The Hall–Kier alpha value is -0.650. The number of rotatable bonds is 2. The van der Waals surface area contributed by atoms with Gasteiger partial charge < -0.3 is 0 Å². The molecule has 84 valence electrons. The van der Waals surface area contributed by atoms with Crippen molar-refractivity contribution in [1.29, 1.82) is 0 Å². The highest BCUT2D eigenvalue weighted by Crippen LogP contribution is 2.34. The van der Waals surface area contributed by atoms with Gasteiger partial charge in [0, 0.05) is 16.7 Å².